The van der Waals surface area contributed by atoms with Gasteiger partial charge in [-0.05, 0) is 19.1 Å². The van der Waals surface area contributed by atoms with Crippen molar-refractivity contribution in [1.82, 2.24) is 9.97 Å². The third-order valence-electron chi connectivity index (χ3n) is 3.82. The van der Waals surface area contributed by atoms with Gasteiger partial charge in [0.1, 0.15) is 5.82 Å². The predicted molar refractivity (Wildman–Crippen MR) is 104 cm³/mol. The Bertz CT molecular complexity index is 952. The number of para-hydroxylation sites is 2. The molecule has 6 nitrogen and oxygen atoms in total. The molecule has 1 heterocycles. The average molecular weight is 404 g/mol. The maximum atomic E-state index is 12.7. The molecule has 3 N–H and O–H groups in total. The molecule has 0 spiro atoms. The first-order chi connectivity index (χ1) is 13.8. The summed E-state index contributed by atoms with van der Waals surface area (Å²) in [5, 5.41) is 15.1. The van der Waals surface area contributed by atoms with Gasteiger partial charge in [0.25, 0.3) is 0 Å². The second kappa shape index (κ2) is 8.78. The van der Waals surface area contributed by atoms with Gasteiger partial charge in [0.2, 0.25) is 5.95 Å². The van der Waals surface area contributed by atoms with Gasteiger partial charge in [-0.1, -0.05) is 42.5 Å². The van der Waals surface area contributed by atoms with Gasteiger partial charge in [-0.25, -0.2) is 4.98 Å². The molecule has 0 bridgehead atoms. The van der Waals surface area contributed by atoms with Gasteiger partial charge in [0.05, 0.1) is 18.0 Å². The molecule has 0 unspecified atom stereocenters. The molecule has 0 amide bonds. The fraction of sp³-hybridized carbons (Fsp3) is 0.200. The van der Waals surface area contributed by atoms with Crippen LogP contribution in [0.4, 0.5) is 30.6 Å². The molecular formula is C20H19F3N4O2. The molecule has 0 fully saturated rings. The van der Waals surface area contributed by atoms with Crippen molar-refractivity contribution in [2.75, 3.05) is 17.2 Å². The summed E-state index contributed by atoms with van der Waals surface area (Å²) in [6.45, 7) is 1.61. The number of aliphatic hydroxyl groups is 1. The summed E-state index contributed by atoms with van der Waals surface area (Å²) < 4.78 is 42.1. The van der Waals surface area contributed by atoms with E-state index in [2.05, 4.69) is 25.3 Å². The highest BCUT2D eigenvalue weighted by Gasteiger charge is 2.32. The molecule has 29 heavy (non-hydrogen) atoms. The fourth-order valence-corrected chi connectivity index (χ4v) is 2.52. The van der Waals surface area contributed by atoms with E-state index in [0.717, 1.165) is 5.56 Å². The van der Waals surface area contributed by atoms with Crippen molar-refractivity contribution in [3.05, 3.63) is 60.7 Å². The Morgan fingerprint density at radius 3 is 2.41 bits per heavy atom. The van der Waals surface area contributed by atoms with Gasteiger partial charge in [0.15, 0.2) is 5.75 Å². The van der Waals surface area contributed by atoms with Gasteiger partial charge in [-0.15, -0.1) is 13.2 Å². The number of nitrogens with one attached hydrogen (secondary N) is 2. The summed E-state index contributed by atoms with van der Waals surface area (Å²) >= 11 is 0. The van der Waals surface area contributed by atoms with Crippen LogP contribution in [0, 0.1) is 0 Å². The van der Waals surface area contributed by atoms with Gasteiger partial charge in [-0.2, -0.15) is 4.98 Å². The molecule has 0 saturated heterocycles. The number of halogens is 3. The molecular weight excluding hydrogens is 385 g/mol. The predicted octanol–water partition coefficient (Wildman–Crippen LogP) is 4.58. The minimum Gasteiger partial charge on any atom is -0.404 e. The zero-order valence-corrected chi connectivity index (χ0v) is 15.4. The van der Waals surface area contributed by atoms with Crippen LogP contribution in [0.1, 0.15) is 6.92 Å². The van der Waals surface area contributed by atoms with Crippen LogP contribution in [-0.2, 0) is 0 Å². The van der Waals surface area contributed by atoms with Crippen LogP contribution in [0.2, 0.25) is 0 Å². The number of nitrogens with zero attached hydrogens (tertiary/aromatic N) is 2. The largest absolute Gasteiger partial charge is 0.573 e. The molecule has 0 aliphatic carbocycles. The van der Waals surface area contributed by atoms with Crippen molar-refractivity contribution in [1.29, 1.82) is 0 Å². The third-order valence-corrected chi connectivity index (χ3v) is 3.82. The van der Waals surface area contributed by atoms with E-state index in [0.29, 0.717) is 5.69 Å². The van der Waals surface area contributed by atoms with E-state index in [1.807, 2.05) is 30.3 Å². The maximum absolute atomic E-state index is 12.7. The van der Waals surface area contributed by atoms with Gasteiger partial charge >= 0.3 is 6.36 Å². The standard InChI is InChI=1S/C20H19F3N4O2/c1-13(12-28)24-19-26-16(14-7-3-2-4-8-14)11-18(27-19)25-15-9-5-6-10-17(15)29-20(21,22)23/h2-11,13,28H,12H2,1H3,(H2,24,25,26,27)/t13-/m0/s1. The lowest BCUT2D eigenvalue weighted by Crippen LogP contribution is -2.21. The molecule has 3 rings (SSSR count). The molecule has 0 saturated carbocycles. The Morgan fingerprint density at radius 2 is 1.72 bits per heavy atom. The molecule has 9 heteroatoms. The van der Waals surface area contributed by atoms with E-state index in [1.54, 1.807) is 19.1 Å². The van der Waals surface area contributed by atoms with Gasteiger partial charge in [0, 0.05) is 17.7 Å². The van der Waals surface area contributed by atoms with E-state index in [-0.39, 0.29) is 35.9 Å². The van der Waals surface area contributed by atoms with Crippen LogP contribution in [0.3, 0.4) is 0 Å². The first kappa shape index (κ1) is 20.4. The van der Waals surface area contributed by atoms with Crippen LogP contribution >= 0.6 is 0 Å². The second-order valence-electron chi connectivity index (χ2n) is 6.22. The molecule has 1 atom stereocenters. The quantitative estimate of drug-likeness (QED) is 0.535. The molecule has 152 valence electrons. The number of ether oxygens (including phenoxy) is 1. The molecule has 3 aromatic rings. The zero-order chi connectivity index (χ0) is 20.9. The van der Waals surface area contributed by atoms with Crippen molar-refractivity contribution >= 4 is 17.5 Å². The summed E-state index contributed by atoms with van der Waals surface area (Å²) in [5.74, 6) is 0.118. The van der Waals surface area contributed by atoms with E-state index in [1.165, 1.54) is 18.2 Å². The number of alkyl halides is 3. The number of aromatic nitrogens is 2. The highest BCUT2D eigenvalue weighted by molar-refractivity contribution is 5.70. The van der Waals surface area contributed by atoms with Crippen LogP contribution in [0.15, 0.2) is 60.7 Å². The Labute approximate surface area is 165 Å². The van der Waals surface area contributed by atoms with E-state index in [4.69, 9.17) is 0 Å². The van der Waals surface area contributed by atoms with Crippen LogP contribution in [-0.4, -0.2) is 34.1 Å². The summed E-state index contributed by atoms with van der Waals surface area (Å²) in [4.78, 5) is 8.73. The van der Waals surface area contributed by atoms with Crippen molar-refractivity contribution in [2.24, 2.45) is 0 Å². The number of hydrogen-bond donors (Lipinski definition) is 3. The minimum atomic E-state index is -4.82. The second-order valence-corrected chi connectivity index (χ2v) is 6.22. The smallest absolute Gasteiger partial charge is 0.404 e. The molecule has 0 radical (unpaired) electrons. The summed E-state index contributed by atoms with van der Waals surface area (Å²) in [6.07, 6.45) is -4.82. The Kier molecular flexibility index (Phi) is 6.18. The van der Waals surface area contributed by atoms with E-state index >= 15 is 0 Å². The van der Waals surface area contributed by atoms with Crippen molar-refractivity contribution in [2.45, 2.75) is 19.3 Å². The Hall–Kier alpha value is -3.33. The first-order valence-electron chi connectivity index (χ1n) is 8.78. The van der Waals surface area contributed by atoms with Gasteiger partial charge in [-0.3, -0.25) is 0 Å². The maximum Gasteiger partial charge on any atom is 0.573 e. The Morgan fingerprint density at radius 1 is 1.03 bits per heavy atom. The lowest BCUT2D eigenvalue weighted by atomic mass is 10.1. The SMILES string of the molecule is C[C@@H](CO)Nc1nc(Nc2ccccc2OC(F)(F)F)cc(-c2ccccc2)n1. The lowest BCUT2D eigenvalue weighted by molar-refractivity contribution is -0.274. The summed E-state index contributed by atoms with van der Waals surface area (Å²) in [7, 11) is 0. The summed E-state index contributed by atoms with van der Waals surface area (Å²) in [6, 6.07) is 16.3. The number of anilines is 3. The normalized spacial score (nSPS) is 12.3. The third kappa shape index (κ3) is 5.82. The topological polar surface area (TPSA) is 79.3 Å². The van der Waals surface area contributed by atoms with Gasteiger partial charge < -0.3 is 20.5 Å². The Balaban J connectivity index is 1.98. The zero-order valence-electron chi connectivity index (χ0n) is 15.4. The van der Waals surface area contributed by atoms with Crippen molar-refractivity contribution in [3.63, 3.8) is 0 Å². The molecule has 0 aliphatic rings. The first-order valence-corrected chi connectivity index (χ1v) is 8.78. The average Bonchev–Trinajstić information content (AvgIpc) is 2.69. The molecule has 0 aliphatic heterocycles. The number of aliphatic hydroxyl groups excluding tert-OH is 1. The van der Waals surface area contributed by atoms with Crippen LogP contribution in [0.5, 0.6) is 5.75 Å². The minimum absolute atomic E-state index is 0.101. The highest BCUT2D eigenvalue weighted by atomic mass is 19.4. The van der Waals surface area contributed by atoms with Crippen molar-refractivity contribution < 1.29 is 23.0 Å². The highest BCUT2D eigenvalue weighted by Crippen LogP contribution is 2.32. The number of benzene rings is 2. The number of hydrogen-bond acceptors (Lipinski definition) is 6. The van der Waals surface area contributed by atoms with Crippen molar-refractivity contribution in [3.8, 4) is 17.0 Å². The monoisotopic (exact) mass is 404 g/mol. The van der Waals surface area contributed by atoms with Crippen LogP contribution < -0.4 is 15.4 Å². The molecule has 1 aromatic heterocycles. The fourth-order valence-electron chi connectivity index (χ4n) is 2.52. The number of rotatable bonds is 7. The summed E-state index contributed by atoms with van der Waals surface area (Å²) in [5.41, 5.74) is 1.46. The lowest BCUT2D eigenvalue weighted by Gasteiger charge is -2.16. The molecule has 2 aromatic carbocycles. The van der Waals surface area contributed by atoms with E-state index in [9.17, 15) is 18.3 Å². The van der Waals surface area contributed by atoms with E-state index < -0.39 is 6.36 Å². The van der Waals surface area contributed by atoms with Crippen LogP contribution in [0.25, 0.3) is 11.3 Å².